The molecule has 0 amide bonds. The van der Waals surface area contributed by atoms with Gasteiger partial charge < -0.3 is 14.4 Å². The Morgan fingerprint density at radius 1 is 1.32 bits per heavy atom. The lowest BCUT2D eigenvalue weighted by Gasteiger charge is -2.37. The highest BCUT2D eigenvalue weighted by Crippen LogP contribution is 2.23. The average Bonchev–Trinajstić information content (AvgIpc) is 2.38. The highest BCUT2D eigenvalue weighted by Gasteiger charge is 2.25. The Hall–Kier alpha value is -1.13. The van der Waals surface area contributed by atoms with Crippen molar-refractivity contribution >= 4 is 17.2 Å². The molecule has 0 aromatic heterocycles. The van der Waals surface area contributed by atoms with Gasteiger partial charge in [0.05, 0.1) is 24.4 Å². The highest BCUT2D eigenvalue weighted by atomic mass is 32.1. The second-order valence-electron chi connectivity index (χ2n) is 4.90. The Labute approximate surface area is 120 Å². The van der Waals surface area contributed by atoms with Gasteiger partial charge >= 0.3 is 0 Å². The van der Waals surface area contributed by atoms with E-state index in [0.29, 0.717) is 6.61 Å². The van der Waals surface area contributed by atoms with E-state index in [0.717, 1.165) is 29.4 Å². The van der Waals surface area contributed by atoms with Crippen molar-refractivity contribution in [1.82, 2.24) is 4.90 Å². The van der Waals surface area contributed by atoms with E-state index in [1.54, 1.807) is 0 Å². The van der Waals surface area contributed by atoms with Gasteiger partial charge in [-0.05, 0) is 32.9 Å². The summed E-state index contributed by atoms with van der Waals surface area (Å²) < 4.78 is 11.4. The first-order valence-electron chi connectivity index (χ1n) is 6.78. The van der Waals surface area contributed by atoms with Gasteiger partial charge in [0, 0.05) is 13.1 Å². The first-order valence-corrected chi connectivity index (χ1v) is 7.19. The van der Waals surface area contributed by atoms with Crippen LogP contribution in [0.2, 0.25) is 0 Å². The zero-order valence-electron chi connectivity index (χ0n) is 11.8. The van der Waals surface area contributed by atoms with E-state index in [-0.39, 0.29) is 12.2 Å². The first-order chi connectivity index (χ1) is 9.11. The monoisotopic (exact) mass is 279 g/mol. The lowest BCUT2D eigenvalue weighted by Crippen LogP contribution is -2.47. The number of hydrogen-bond acceptors (Lipinski definition) is 3. The predicted octanol–water partition coefficient (Wildman–Crippen LogP) is 2.87. The summed E-state index contributed by atoms with van der Waals surface area (Å²) in [6.45, 7) is 8.47. The summed E-state index contributed by atoms with van der Waals surface area (Å²) in [5, 5.41) is 0. The van der Waals surface area contributed by atoms with Crippen LogP contribution < -0.4 is 4.74 Å². The van der Waals surface area contributed by atoms with Crippen LogP contribution in [0.25, 0.3) is 0 Å². The smallest absolute Gasteiger partial charge is 0.129 e. The molecule has 4 heteroatoms. The van der Waals surface area contributed by atoms with Gasteiger partial charge in [0.2, 0.25) is 0 Å². The summed E-state index contributed by atoms with van der Waals surface area (Å²) >= 11 is 5.64. The molecule has 0 spiro atoms. The van der Waals surface area contributed by atoms with Crippen LogP contribution in [0.1, 0.15) is 26.3 Å². The maximum absolute atomic E-state index is 5.75. The van der Waals surface area contributed by atoms with Crippen molar-refractivity contribution in [3.8, 4) is 5.75 Å². The van der Waals surface area contributed by atoms with Crippen molar-refractivity contribution in [2.45, 2.75) is 33.0 Å². The molecule has 2 rings (SSSR count). The van der Waals surface area contributed by atoms with Crippen molar-refractivity contribution < 1.29 is 9.47 Å². The van der Waals surface area contributed by atoms with Crippen LogP contribution in [0.5, 0.6) is 5.75 Å². The standard InChI is InChI=1S/C15H21NO2S/c1-4-17-14-8-6-5-7-13(14)15(19)16-9-11(2)18-12(3)10-16/h5-8,11-12H,4,9-10H2,1-3H3/t11-,12-/m0/s1. The first kappa shape index (κ1) is 14.3. The Kier molecular flexibility index (Phi) is 4.77. The number of morpholine rings is 1. The third kappa shape index (κ3) is 3.45. The van der Waals surface area contributed by atoms with Gasteiger partial charge in [0.25, 0.3) is 0 Å². The summed E-state index contributed by atoms with van der Waals surface area (Å²) in [6.07, 6.45) is 0.418. The minimum Gasteiger partial charge on any atom is -0.493 e. The molecule has 1 aromatic rings. The second-order valence-corrected chi connectivity index (χ2v) is 5.28. The quantitative estimate of drug-likeness (QED) is 0.793. The lowest BCUT2D eigenvalue weighted by molar-refractivity contribution is -0.0472. The van der Waals surface area contributed by atoms with Crippen molar-refractivity contribution in [2.75, 3.05) is 19.7 Å². The van der Waals surface area contributed by atoms with Crippen molar-refractivity contribution in [1.29, 1.82) is 0 Å². The molecule has 3 nitrogen and oxygen atoms in total. The fraction of sp³-hybridized carbons (Fsp3) is 0.533. The predicted molar refractivity (Wildman–Crippen MR) is 80.9 cm³/mol. The number of hydrogen-bond donors (Lipinski definition) is 0. The van der Waals surface area contributed by atoms with Gasteiger partial charge in [0.1, 0.15) is 10.7 Å². The SMILES string of the molecule is CCOc1ccccc1C(=S)N1C[C@H](C)O[C@@H](C)C1. The number of para-hydroxylation sites is 1. The molecule has 19 heavy (non-hydrogen) atoms. The van der Waals surface area contributed by atoms with Crippen LogP contribution in [0, 0.1) is 0 Å². The Bertz CT molecular complexity index is 440. The third-order valence-electron chi connectivity index (χ3n) is 3.12. The molecule has 0 radical (unpaired) electrons. The topological polar surface area (TPSA) is 21.7 Å². The Morgan fingerprint density at radius 3 is 2.58 bits per heavy atom. The van der Waals surface area contributed by atoms with E-state index in [1.165, 1.54) is 0 Å². The number of ether oxygens (including phenoxy) is 2. The molecule has 1 fully saturated rings. The van der Waals surface area contributed by atoms with Gasteiger partial charge in [-0.15, -0.1) is 0 Å². The molecular weight excluding hydrogens is 258 g/mol. The summed E-state index contributed by atoms with van der Waals surface area (Å²) in [5.74, 6) is 0.863. The molecule has 1 aromatic carbocycles. The van der Waals surface area contributed by atoms with Gasteiger partial charge in [0.15, 0.2) is 0 Å². The molecule has 1 heterocycles. The number of thiocarbonyl (C=S) groups is 1. The van der Waals surface area contributed by atoms with Crippen molar-refractivity contribution in [2.24, 2.45) is 0 Å². The number of rotatable bonds is 3. The molecule has 1 aliphatic rings. The average molecular weight is 279 g/mol. The molecule has 0 N–H and O–H groups in total. The number of nitrogens with zero attached hydrogens (tertiary/aromatic N) is 1. The highest BCUT2D eigenvalue weighted by molar-refractivity contribution is 7.80. The lowest BCUT2D eigenvalue weighted by atomic mass is 10.1. The van der Waals surface area contributed by atoms with E-state index in [4.69, 9.17) is 21.7 Å². The zero-order valence-corrected chi connectivity index (χ0v) is 12.6. The molecule has 0 aliphatic carbocycles. The maximum atomic E-state index is 5.75. The molecule has 2 atom stereocenters. The van der Waals surface area contributed by atoms with Crippen LogP contribution in [-0.2, 0) is 4.74 Å². The van der Waals surface area contributed by atoms with E-state index in [1.807, 2.05) is 31.2 Å². The van der Waals surface area contributed by atoms with Crippen LogP contribution in [0.15, 0.2) is 24.3 Å². The molecule has 1 aliphatic heterocycles. The van der Waals surface area contributed by atoms with E-state index in [2.05, 4.69) is 18.7 Å². The minimum absolute atomic E-state index is 0.209. The summed E-state index contributed by atoms with van der Waals surface area (Å²) in [4.78, 5) is 3.07. The molecule has 1 saturated heterocycles. The van der Waals surface area contributed by atoms with E-state index >= 15 is 0 Å². The van der Waals surface area contributed by atoms with Crippen LogP contribution in [0.4, 0.5) is 0 Å². The molecule has 0 saturated carbocycles. The third-order valence-corrected chi connectivity index (χ3v) is 3.60. The summed E-state index contributed by atoms with van der Waals surface area (Å²) in [5.41, 5.74) is 1.00. The molecule has 0 unspecified atom stereocenters. The minimum atomic E-state index is 0.209. The maximum Gasteiger partial charge on any atom is 0.129 e. The fourth-order valence-corrected chi connectivity index (χ4v) is 2.76. The Balaban J connectivity index is 2.19. The van der Waals surface area contributed by atoms with Crippen molar-refractivity contribution in [3.05, 3.63) is 29.8 Å². The van der Waals surface area contributed by atoms with Gasteiger partial charge in [-0.1, -0.05) is 24.4 Å². The fourth-order valence-electron chi connectivity index (χ4n) is 2.44. The second kappa shape index (κ2) is 6.35. The molecule has 104 valence electrons. The van der Waals surface area contributed by atoms with Gasteiger partial charge in [-0.3, -0.25) is 0 Å². The van der Waals surface area contributed by atoms with Crippen molar-refractivity contribution in [3.63, 3.8) is 0 Å². The molecule has 0 bridgehead atoms. The van der Waals surface area contributed by atoms with Gasteiger partial charge in [-0.25, -0.2) is 0 Å². The largest absolute Gasteiger partial charge is 0.493 e. The van der Waals surface area contributed by atoms with Crippen LogP contribution in [-0.4, -0.2) is 41.8 Å². The van der Waals surface area contributed by atoms with E-state index in [9.17, 15) is 0 Å². The number of benzene rings is 1. The molecular formula is C15H21NO2S. The van der Waals surface area contributed by atoms with Crippen LogP contribution in [0.3, 0.4) is 0 Å². The van der Waals surface area contributed by atoms with Gasteiger partial charge in [-0.2, -0.15) is 0 Å². The normalized spacial score (nSPS) is 23.2. The zero-order chi connectivity index (χ0) is 13.8. The Morgan fingerprint density at radius 2 is 1.95 bits per heavy atom. The summed E-state index contributed by atoms with van der Waals surface area (Å²) in [7, 11) is 0. The van der Waals surface area contributed by atoms with E-state index < -0.39 is 0 Å². The van der Waals surface area contributed by atoms with Crippen LogP contribution >= 0.6 is 12.2 Å². The summed E-state index contributed by atoms with van der Waals surface area (Å²) in [6, 6.07) is 7.97.